The smallest absolute Gasteiger partial charge is 0.354 e. The van der Waals surface area contributed by atoms with Gasteiger partial charge in [0.05, 0.1) is 16.4 Å². The van der Waals surface area contributed by atoms with Crippen LogP contribution in [0.15, 0.2) is 30.3 Å². The van der Waals surface area contributed by atoms with Crippen molar-refractivity contribution in [2.45, 2.75) is 0 Å². The summed E-state index contributed by atoms with van der Waals surface area (Å²) >= 11 is 5.85. The van der Waals surface area contributed by atoms with E-state index in [0.717, 1.165) is 6.07 Å². The highest BCUT2D eigenvalue weighted by Crippen LogP contribution is 2.27. The van der Waals surface area contributed by atoms with Gasteiger partial charge in [0.15, 0.2) is 11.5 Å². The third kappa shape index (κ3) is 2.92. The first-order valence-electron chi connectivity index (χ1n) is 5.19. The van der Waals surface area contributed by atoms with Crippen LogP contribution in [-0.4, -0.2) is 16.1 Å². The van der Waals surface area contributed by atoms with Gasteiger partial charge in [-0.25, -0.2) is 14.2 Å². The number of aromatic nitrogens is 1. The second-order valence-electron chi connectivity index (χ2n) is 3.69. The standard InChI is InChI=1S/C12H9ClFN3O2/c13-7-5-6(14)1-3-9(7)16-11-8(15)2-4-10(17-11)12(18)19/h1-5H,15H2,(H,16,17)(H,18,19). The molecule has 0 fully saturated rings. The largest absolute Gasteiger partial charge is 0.477 e. The predicted molar refractivity (Wildman–Crippen MR) is 70.3 cm³/mol. The maximum absolute atomic E-state index is 12.9. The van der Waals surface area contributed by atoms with Gasteiger partial charge in [0.2, 0.25) is 0 Å². The van der Waals surface area contributed by atoms with Crippen molar-refractivity contribution in [1.29, 1.82) is 0 Å². The second kappa shape index (κ2) is 5.11. The topological polar surface area (TPSA) is 88.2 Å². The molecule has 0 unspecified atom stereocenters. The molecular formula is C12H9ClFN3O2. The summed E-state index contributed by atoms with van der Waals surface area (Å²) in [6, 6.07) is 6.45. The highest BCUT2D eigenvalue weighted by Gasteiger charge is 2.10. The molecule has 0 bridgehead atoms. The Labute approximate surface area is 112 Å². The van der Waals surface area contributed by atoms with E-state index in [9.17, 15) is 9.18 Å². The maximum atomic E-state index is 12.9. The molecular weight excluding hydrogens is 273 g/mol. The summed E-state index contributed by atoms with van der Waals surface area (Å²) in [6.45, 7) is 0. The minimum absolute atomic E-state index is 0.141. The number of nitrogen functional groups attached to an aromatic ring is 1. The van der Waals surface area contributed by atoms with Crippen LogP contribution in [0.4, 0.5) is 21.6 Å². The van der Waals surface area contributed by atoms with Crippen molar-refractivity contribution in [2.24, 2.45) is 0 Å². The maximum Gasteiger partial charge on any atom is 0.354 e. The van der Waals surface area contributed by atoms with Crippen molar-refractivity contribution in [3.63, 3.8) is 0 Å². The lowest BCUT2D eigenvalue weighted by atomic mass is 10.3. The predicted octanol–water partition coefficient (Wildman–Crippen LogP) is 2.90. The van der Waals surface area contributed by atoms with E-state index in [1.54, 1.807) is 0 Å². The molecule has 5 nitrogen and oxygen atoms in total. The second-order valence-corrected chi connectivity index (χ2v) is 4.10. The molecule has 0 aliphatic heterocycles. The van der Waals surface area contributed by atoms with Gasteiger partial charge in [-0.1, -0.05) is 11.6 Å². The minimum atomic E-state index is -1.17. The van der Waals surface area contributed by atoms with Crippen LogP contribution in [-0.2, 0) is 0 Å². The first kappa shape index (κ1) is 13.1. The first-order chi connectivity index (χ1) is 8.97. The van der Waals surface area contributed by atoms with Gasteiger partial charge in [0.1, 0.15) is 5.82 Å². The summed E-state index contributed by atoms with van der Waals surface area (Å²) < 4.78 is 12.9. The number of nitrogens with one attached hydrogen (secondary N) is 1. The van der Waals surface area contributed by atoms with Crippen LogP contribution >= 0.6 is 11.6 Å². The average Bonchev–Trinajstić information content (AvgIpc) is 2.34. The van der Waals surface area contributed by atoms with Crippen LogP contribution < -0.4 is 11.1 Å². The number of nitrogens with two attached hydrogens (primary N) is 1. The molecule has 7 heteroatoms. The van der Waals surface area contributed by atoms with E-state index < -0.39 is 11.8 Å². The fraction of sp³-hybridized carbons (Fsp3) is 0. The number of carboxylic acids is 1. The Balaban J connectivity index is 2.37. The summed E-state index contributed by atoms with van der Waals surface area (Å²) in [4.78, 5) is 14.7. The SMILES string of the molecule is Nc1ccc(C(=O)O)nc1Nc1ccc(F)cc1Cl. The summed E-state index contributed by atoms with van der Waals surface area (Å²) in [5.41, 5.74) is 6.16. The van der Waals surface area contributed by atoms with Gasteiger partial charge in [0.25, 0.3) is 0 Å². The van der Waals surface area contributed by atoms with Gasteiger partial charge in [-0.2, -0.15) is 0 Å². The Hall–Kier alpha value is -2.34. The van der Waals surface area contributed by atoms with Crippen LogP contribution in [0.1, 0.15) is 10.5 Å². The van der Waals surface area contributed by atoms with Crippen LogP contribution in [0.3, 0.4) is 0 Å². The monoisotopic (exact) mass is 281 g/mol. The lowest BCUT2D eigenvalue weighted by Gasteiger charge is -2.10. The van der Waals surface area contributed by atoms with Crippen molar-refractivity contribution in [3.05, 3.63) is 46.9 Å². The van der Waals surface area contributed by atoms with E-state index in [1.165, 1.54) is 24.3 Å². The number of anilines is 3. The molecule has 0 aliphatic carbocycles. The Kier molecular flexibility index (Phi) is 3.52. The number of rotatable bonds is 3. The van der Waals surface area contributed by atoms with Crippen molar-refractivity contribution in [2.75, 3.05) is 11.1 Å². The number of halogens is 2. The number of benzene rings is 1. The van der Waals surface area contributed by atoms with Gasteiger partial charge in [-0.15, -0.1) is 0 Å². The Morgan fingerprint density at radius 1 is 1.37 bits per heavy atom. The quantitative estimate of drug-likeness (QED) is 0.805. The average molecular weight is 282 g/mol. The number of nitrogens with zero attached hydrogens (tertiary/aromatic N) is 1. The molecule has 1 aromatic carbocycles. The minimum Gasteiger partial charge on any atom is -0.477 e. The van der Waals surface area contributed by atoms with Crippen LogP contribution in [0.5, 0.6) is 0 Å². The summed E-state index contributed by atoms with van der Waals surface area (Å²) in [5.74, 6) is -1.50. The zero-order valence-electron chi connectivity index (χ0n) is 9.52. The Morgan fingerprint density at radius 2 is 2.11 bits per heavy atom. The number of hydrogen-bond acceptors (Lipinski definition) is 4. The first-order valence-corrected chi connectivity index (χ1v) is 5.57. The fourth-order valence-electron chi connectivity index (χ4n) is 1.41. The molecule has 2 aromatic rings. The third-order valence-corrected chi connectivity index (χ3v) is 2.64. The number of carboxylic acid groups (broad SMARTS) is 1. The molecule has 0 saturated heterocycles. The molecule has 4 N–H and O–H groups in total. The molecule has 1 aromatic heterocycles. The molecule has 0 amide bonds. The highest BCUT2D eigenvalue weighted by atomic mass is 35.5. The van der Waals surface area contributed by atoms with E-state index >= 15 is 0 Å². The number of carbonyl (C=O) groups is 1. The molecule has 2 rings (SSSR count). The molecule has 0 atom stereocenters. The van der Waals surface area contributed by atoms with E-state index in [-0.39, 0.29) is 22.2 Å². The highest BCUT2D eigenvalue weighted by molar-refractivity contribution is 6.33. The van der Waals surface area contributed by atoms with Gasteiger partial charge >= 0.3 is 5.97 Å². The molecule has 19 heavy (non-hydrogen) atoms. The van der Waals surface area contributed by atoms with Crippen molar-refractivity contribution in [3.8, 4) is 0 Å². The van der Waals surface area contributed by atoms with Crippen molar-refractivity contribution >= 4 is 34.8 Å². The van der Waals surface area contributed by atoms with Gasteiger partial charge in [-0.3, -0.25) is 0 Å². The molecule has 0 aliphatic rings. The van der Waals surface area contributed by atoms with Crippen molar-refractivity contribution in [1.82, 2.24) is 4.98 Å². The van der Waals surface area contributed by atoms with Gasteiger partial charge < -0.3 is 16.2 Å². The molecule has 0 radical (unpaired) electrons. The normalized spacial score (nSPS) is 10.2. The van der Waals surface area contributed by atoms with Crippen LogP contribution in [0.2, 0.25) is 5.02 Å². The molecule has 0 spiro atoms. The zero-order valence-corrected chi connectivity index (χ0v) is 10.3. The van der Waals surface area contributed by atoms with Gasteiger partial charge in [0, 0.05) is 0 Å². The molecule has 98 valence electrons. The number of pyridine rings is 1. The van der Waals surface area contributed by atoms with E-state index in [0.29, 0.717) is 5.69 Å². The Bertz CT molecular complexity index is 649. The van der Waals surface area contributed by atoms with Crippen LogP contribution in [0, 0.1) is 5.82 Å². The lowest BCUT2D eigenvalue weighted by Crippen LogP contribution is -2.06. The fourth-order valence-corrected chi connectivity index (χ4v) is 1.62. The summed E-state index contributed by atoms with van der Waals surface area (Å²) in [6.07, 6.45) is 0. The van der Waals surface area contributed by atoms with Gasteiger partial charge in [-0.05, 0) is 30.3 Å². The lowest BCUT2D eigenvalue weighted by molar-refractivity contribution is 0.0690. The van der Waals surface area contributed by atoms with E-state index in [2.05, 4.69) is 10.3 Å². The summed E-state index contributed by atoms with van der Waals surface area (Å²) in [5, 5.41) is 11.8. The summed E-state index contributed by atoms with van der Waals surface area (Å²) in [7, 11) is 0. The molecule has 0 saturated carbocycles. The van der Waals surface area contributed by atoms with E-state index in [4.69, 9.17) is 22.4 Å². The van der Waals surface area contributed by atoms with Crippen LogP contribution in [0.25, 0.3) is 0 Å². The number of hydrogen-bond donors (Lipinski definition) is 3. The van der Waals surface area contributed by atoms with Crippen molar-refractivity contribution < 1.29 is 14.3 Å². The Morgan fingerprint density at radius 3 is 2.74 bits per heavy atom. The third-order valence-electron chi connectivity index (χ3n) is 2.33. The zero-order chi connectivity index (χ0) is 14.0. The number of aromatic carboxylic acids is 1. The van der Waals surface area contributed by atoms with E-state index in [1.807, 2.05) is 0 Å². The molecule has 1 heterocycles.